The molecule has 10 heteroatoms. The summed E-state index contributed by atoms with van der Waals surface area (Å²) in [5.74, 6) is -1.89. The zero-order valence-corrected chi connectivity index (χ0v) is 25.1. The summed E-state index contributed by atoms with van der Waals surface area (Å²) in [7, 11) is 2.95. The van der Waals surface area contributed by atoms with Gasteiger partial charge in [0, 0.05) is 28.9 Å². The molecule has 0 aliphatic carbocycles. The third-order valence-electron chi connectivity index (χ3n) is 7.92. The van der Waals surface area contributed by atoms with E-state index in [1.54, 1.807) is 25.3 Å². The molecule has 5 N–H and O–H groups in total. The highest BCUT2D eigenvalue weighted by atomic mass is 35.5. The van der Waals surface area contributed by atoms with Gasteiger partial charge in [-0.05, 0) is 65.4 Å². The number of nitrogens with one attached hydrogen (secondary N) is 2. The number of carboxylic acids is 1. The maximum atomic E-state index is 15.9. The molecule has 0 unspecified atom stereocenters. The molecule has 224 valence electrons. The van der Waals surface area contributed by atoms with Crippen molar-refractivity contribution in [3.8, 4) is 11.5 Å². The number of methoxy groups -OCH3 is 2. The van der Waals surface area contributed by atoms with Crippen molar-refractivity contribution in [2.45, 2.75) is 50.6 Å². The van der Waals surface area contributed by atoms with Gasteiger partial charge in [0.25, 0.3) is 0 Å². The number of hydrogen-bond acceptors (Lipinski definition) is 6. The smallest absolute Gasteiger partial charge is 0.335 e. The van der Waals surface area contributed by atoms with Gasteiger partial charge in [-0.1, -0.05) is 50.6 Å². The highest BCUT2D eigenvalue weighted by Gasteiger charge is 2.59. The Morgan fingerprint density at radius 2 is 1.83 bits per heavy atom. The van der Waals surface area contributed by atoms with E-state index in [2.05, 4.69) is 31.4 Å². The molecule has 1 heterocycles. The van der Waals surface area contributed by atoms with Crippen molar-refractivity contribution in [2.75, 3.05) is 26.1 Å². The van der Waals surface area contributed by atoms with Crippen LogP contribution < -0.4 is 25.8 Å². The van der Waals surface area contributed by atoms with Crippen LogP contribution in [0.3, 0.4) is 0 Å². The molecular weight excluding hydrogens is 561 g/mol. The Kier molecular flexibility index (Phi) is 9.15. The number of benzene rings is 3. The molecule has 1 saturated heterocycles. The van der Waals surface area contributed by atoms with Gasteiger partial charge in [-0.25, -0.2) is 9.18 Å². The standard InChI is InChI=1S/C32H37ClFN3O5/c1-31(2,3)16-26-32(17-35,22-11-10-20(33)15-23(22)34)27(18-7-6-8-21(13-18)41-4)28(37-26)29(38)36-24-12-9-19(30(39)40)14-25(24)42-5/h6-15,26-28,37H,16-17,35H2,1-5H3,(H,36,38)(H,39,40)/t26-,27-,28+,32-/m0/s1. The molecule has 42 heavy (non-hydrogen) atoms. The number of hydrogen-bond donors (Lipinski definition) is 4. The van der Waals surface area contributed by atoms with Crippen LogP contribution in [0, 0.1) is 11.2 Å². The fraction of sp³-hybridized carbons (Fsp3) is 0.375. The highest BCUT2D eigenvalue weighted by molar-refractivity contribution is 6.30. The van der Waals surface area contributed by atoms with Crippen molar-refractivity contribution in [2.24, 2.45) is 11.1 Å². The number of nitrogens with two attached hydrogens (primary N) is 1. The van der Waals surface area contributed by atoms with Crippen LogP contribution in [0.15, 0.2) is 60.7 Å². The molecule has 0 bridgehead atoms. The van der Waals surface area contributed by atoms with Gasteiger partial charge in [0.15, 0.2) is 0 Å². The first kappa shape index (κ1) is 31.3. The summed E-state index contributed by atoms with van der Waals surface area (Å²) in [4.78, 5) is 25.7. The topological polar surface area (TPSA) is 123 Å². The van der Waals surface area contributed by atoms with E-state index >= 15 is 4.39 Å². The molecular formula is C32H37ClFN3O5. The second-order valence-electron chi connectivity index (χ2n) is 11.8. The van der Waals surface area contributed by atoms with E-state index in [1.807, 2.05) is 18.2 Å². The van der Waals surface area contributed by atoms with Crippen molar-refractivity contribution in [3.05, 3.63) is 88.2 Å². The van der Waals surface area contributed by atoms with Gasteiger partial charge in [-0.15, -0.1) is 0 Å². The van der Waals surface area contributed by atoms with Gasteiger partial charge in [-0.2, -0.15) is 0 Å². The zero-order valence-electron chi connectivity index (χ0n) is 24.3. The number of rotatable bonds is 9. The summed E-state index contributed by atoms with van der Waals surface area (Å²) in [6, 6.07) is 14.8. The average molecular weight is 598 g/mol. The molecule has 3 aromatic carbocycles. The van der Waals surface area contributed by atoms with Crippen LogP contribution in [-0.2, 0) is 10.2 Å². The summed E-state index contributed by atoms with van der Waals surface area (Å²) in [6.45, 7) is 6.27. The van der Waals surface area contributed by atoms with Gasteiger partial charge >= 0.3 is 5.97 Å². The SMILES string of the molecule is COc1cccc([C@H]2[C@H](C(=O)Nc3ccc(C(=O)O)cc3OC)N[C@@H](CC(C)(C)C)[C@]2(CN)c2ccc(Cl)cc2F)c1. The van der Waals surface area contributed by atoms with E-state index in [9.17, 15) is 14.7 Å². The molecule has 1 aliphatic heterocycles. The third kappa shape index (κ3) is 6.09. The lowest BCUT2D eigenvalue weighted by Crippen LogP contribution is -2.50. The van der Waals surface area contributed by atoms with E-state index in [1.165, 1.54) is 31.4 Å². The zero-order chi connectivity index (χ0) is 30.8. The molecule has 3 aromatic rings. The monoisotopic (exact) mass is 597 g/mol. The second-order valence-corrected chi connectivity index (χ2v) is 12.2. The molecule has 1 aliphatic rings. The molecule has 0 saturated carbocycles. The number of amides is 1. The fourth-order valence-corrected chi connectivity index (χ4v) is 6.28. The summed E-state index contributed by atoms with van der Waals surface area (Å²) in [6.07, 6.45) is 0.577. The Hall–Kier alpha value is -3.66. The summed E-state index contributed by atoms with van der Waals surface area (Å²) in [5, 5.41) is 16.1. The van der Waals surface area contributed by atoms with Gasteiger partial charge < -0.3 is 30.9 Å². The Morgan fingerprint density at radius 1 is 1.10 bits per heavy atom. The number of halogens is 2. The highest BCUT2D eigenvalue weighted by Crippen LogP contribution is 2.52. The number of ether oxygens (including phenoxy) is 2. The molecule has 0 radical (unpaired) electrons. The van der Waals surface area contributed by atoms with Crippen LogP contribution in [0.2, 0.25) is 5.02 Å². The first-order valence-corrected chi connectivity index (χ1v) is 14.0. The van der Waals surface area contributed by atoms with Crippen LogP contribution >= 0.6 is 11.6 Å². The van der Waals surface area contributed by atoms with Crippen molar-refractivity contribution in [3.63, 3.8) is 0 Å². The molecule has 4 atom stereocenters. The van der Waals surface area contributed by atoms with Crippen molar-refractivity contribution < 1.29 is 28.6 Å². The Balaban J connectivity index is 1.91. The first-order chi connectivity index (χ1) is 19.8. The van der Waals surface area contributed by atoms with E-state index in [4.69, 9.17) is 26.8 Å². The third-order valence-corrected chi connectivity index (χ3v) is 8.15. The summed E-state index contributed by atoms with van der Waals surface area (Å²) >= 11 is 6.16. The lowest BCUT2D eigenvalue weighted by Gasteiger charge is -2.42. The Bertz CT molecular complexity index is 1480. The van der Waals surface area contributed by atoms with Crippen LogP contribution in [0.5, 0.6) is 11.5 Å². The predicted octanol–water partition coefficient (Wildman–Crippen LogP) is 5.59. The van der Waals surface area contributed by atoms with Crippen molar-refractivity contribution in [1.29, 1.82) is 0 Å². The normalized spacial score (nSPS) is 22.0. The van der Waals surface area contributed by atoms with Crippen LogP contribution in [0.25, 0.3) is 0 Å². The number of carboxylic acid groups (broad SMARTS) is 1. The second kappa shape index (κ2) is 12.3. The molecule has 0 spiro atoms. The number of carbonyl (C=O) groups excluding carboxylic acids is 1. The lowest BCUT2D eigenvalue weighted by atomic mass is 9.62. The van der Waals surface area contributed by atoms with Gasteiger partial charge in [0.1, 0.15) is 17.3 Å². The number of carbonyl (C=O) groups is 2. The van der Waals surface area contributed by atoms with Crippen LogP contribution in [-0.4, -0.2) is 49.8 Å². The number of aromatic carboxylic acids is 1. The van der Waals surface area contributed by atoms with Crippen LogP contribution in [0.1, 0.15) is 54.6 Å². The Labute approximate surface area is 250 Å². The van der Waals surface area contributed by atoms with Crippen molar-refractivity contribution >= 4 is 29.2 Å². The largest absolute Gasteiger partial charge is 0.497 e. The minimum atomic E-state index is -1.12. The van der Waals surface area contributed by atoms with Crippen LogP contribution in [0.4, 0.5) is 10.1 Å². The van der Waals surface area contributed by atoms with E-state index < -0.39 is 41.1 Å². The predicted molar refractivity (Wildman–Crippen MR) is 161 cm³/mol. The van der Waals surface area contributed by atoms with E-state index in [0.29, 0.717) is 23.4 Å². The molecule has 1 fully saturated rings. The fourth-order valence-electron chi connectivity index (χ4n) is 6.12. The van der Waals surface area contributed by atoms with Crippen molar-refractivity contribution in [1.82, 2.24) is 5.32 Å². The summed E-state index contributed by atoms with van der Waals surface area (Å²) < 4.78 is 26.8. The van der Waals surface area contributed by atoms with Gasteiger partial charge in [0.05, 0.1) is 31.5 Å². The van der Waals surface area contributed by atoms with Gasteiger partial charge in [-0.3, -0.25) is 4.79 Å². The van der Waals surface area contributed by atoms with E-state index in [0.717, 1.165) is 5.56 Å². The maximum absolute atomic E-state index is 15.9. The van der Waals surface area contributed by atoms with Gasteiger partial charge in [0.2, 0.25) is 5.91 Å². The lowest BCUT2D eigenvalue weighted by molar-refractivity contribution is -0.118. The quantitative estimate of drug-likeness (QED) is 0.254. The maximum Gasteiger partial charge on any atom is 0.335 e. The Morgan fingerprint density at radius 3 is 2.43 bits per heavy atom. The summed E-state index contributed by atoms with van der Waals surface area (Å²) in [5.41, 5.74) is 6.80. The molecule has 0 aromatic heterocycles. The molecule has 4 rings (SSSR count). The first-order valence-electron chi connectivity index (χ1n) is 13.6. The van der Waals surface area contributed by atoms with E-state index in [-0.39, 0.29) is 28.3 Å². The minimum Gasteiger partial charge on any atom is -0.497 e. The molecule has 8 nitrogen and oxygen atoms in total. The molecule has 1 amide bonds. The minimum absolute atomic E-state index is 0.0173. The average Bonchev–Trinajstić information content (AvgIpc) is 3.26. The number of anilines is 1.